The molecule has 3 heterocycles. The summed E-state index contributed by atoms with van der Waals surface area (Å²) >= 11 is 0. The van der Waals surface area contributed by atoms with Crippen LogP contribution in [0.1, 0.15) is 30.4 Å². The normalized spacial score (nSPS) is 26.9. The lowest BCUT2D eigenvalue weighted by Gasteiger charge is -2.24. The molecule has 10 heteroatoms. The first-order valence-corrected chi connectivity index (χ1v) is 9.41. The highest BCUT2D eigenvalue weighted by atomic mass is 16.8. The minimum Gasteiger partial charge on any atom is -0.497 e. The van der Waals surface area contributed by atoms with E-state index in [0.717, 1.165) is 0 Å². The number of fused-ring (bicyclic) bond motifs is 1. The van der Waals surface area contributed by atoms with E-state index in [1.54, 1.807) is 38.1 Å². The van der Waals surface area contributed by atoms with Crippen LogP contribution in [0.15, 0.2) is 46.1 Å². The number of hydrogen-bond donors (Lipinski definition) is 1. The molecule has 0 aliphatic carbocycles. The zero-order valence-electron chi connectivity index (χ0n) is 16.7. The number of ether oxygens (including phenoxy) is 5. The molecule has 2 fully saturated rings. The number of nitrogens with one attached hydrogen (secondary N) is 1. The Morgan fingerprint density at radius 3 is 2.50 bits per heavy atom. The predicted molar refractivity (Wildman–Crippen MR) is 102 cm³/mol. The summed E-state index contributed by atoms with van der Waals surface area (Å²) in [5.74, 6) is -0.802. The van der Waals surface area contributed by atoms with Gasteiger partial charge in [0.2, 0.25) is 0 Å². The first kappa shape index (κ1) is 20.3. The van der Waals surface area contributed by atoms with Gasteiger partial charge in [0.25, 0.3) is 5.56 Å². The molecule has 2 aromatic rings. The van der Waals surface area contributed by atoms with Crippen LogP contribution in [-0.4, -0.2) is 53.3 Å². The van der Waals surface area contributed by atoms with Gasteiger partial charge in [-0.3, -0.25) is 14.3 Å². The topological polar surface area (TPSA) is 118 Å². The lowest BCUT2D eigenvalue weighted by Crippen LogP contribution is -2.37. The highest BCUT2D eigenvalue weighted by molar-refractivity contribution is 5.89. The fraction of sp³-hybridized carbons (Fsp3) is 0.450. The summed E-state index contributed by atoms with van der Waals surface area (Å²) in [5, 5.41) is 0. The van der Waals surface area contributed by atoms with Crippen molar-refractivity contribution >= 4 is 5.97 Å². The molecule has 1 aromatic carbocycles. The molecule has 0 saturated carbocycles. The summed E-state index contributed by atoms with van der Waals surface area (Å²) in [7, 11) is 1.54. The van der Waals surface area contributed by atoms with Crippen LogP contribution in [0.3, 0.4) is 0 Å². The van der Waals surface area contributed by atoms with E-state index in [1.807, 2.05) is 0 Å². The number of aromatic nitrogens is 2. The number of hydrogen-bond acceptors (Lipinski definition) is 8. The highest BCUT2D eigenvalue weighted by Crippen LogP contribution is 2.42. The third kappa shape index (κ3) is 3.89. The van der Waals surface area contributed by atoms with Gasteiger partial charge in [-0.15, -0.1) is 0 Å². The van der Waals surface area contributed by atoms with Gasteiger partial charge in [0.1, 0.15) is 30.7 Å². The number of methoxy groups -OCH3 is 1. The zero-order valence-corrected chi connectivity index (χ0v) is 16.7. The maximum Gasteiger partial charge on any atom is 0.338 e. The van der Waals surface area contributed by atoms with Crippen molar-refractivity contribution in [2.45, 2.75) is 44.2 Å². The van der Waals surface area contributed by atoms with Crippen molar-refractivity contribution in [1.82, 2.24) is 9.55 Å². The van der Waals surface area contributed by atoms with E-state index in [-0.39, 0.29) is 6.61 Å². The number of rotatable bonds is 5. The maximum atomic E-state index is 12.4. The van der Waals surface area contributed by atoms with Gasteiger partial charge in [0.05, 0.1) is 12.7 Å². The summed E-state index contributed by atoms with van der Waals surface area (Å²) in [6, 6.07) is 7.74. The van der Waals surface area contributed by atoms with E-state index in [1.165, 1.54) is 23.9 Å². The molecular formula is C20H22N2O8. The molecule has 10 nitrogen and oxygen atoms in total. The molecule has 0 amide bonds. The smallest absolute Gasteiger partial charge is 0.338 e. The third-order valence-electron chi connectivity index (χ3n) is 4.96. The Balaban J connectivity index is 1.51. The fourth-order valence-electron chi connectivity index (χ4n) is 3.61. The van der Waals surface area contributed by atoms with Crippen molar-refractivity contribution in [3.8, 4) is 5.75 Å². The van der Waals surface area contributed by atoms with Crippen LogP contribution in [0.25, 0.3) is 0 Å². The van der Waals surface area contributed by atoms with Crippen molar-refractivity contribution < 1.29 is 28.5 Å². The summed E-state index contributed by atoms with van der Waals surface area (Å²) in [6.07, 6.45) is -1.35. The average Bonchev–Trinajstić information content (AvgIpc) is 3.19. The van der Waals surface area contributed by atoms with Gasteiger partial charge in [0, 0.05) is 12.3 Å². The van der Waals surface area contributed by atoms with Gasteiger partial charge in [0.15, 0.2) is 12.0 Å². The van der Waals surface area contributed by atoms with Crippen LogP contribution in [-0.2, 0) is 18.9 Å². The largest absolute Gasteiger partial charge is 0.497 e. The number of benzene rings is 1. The maximum absolute atomic E-state index is 12.4. The lowest BCUT2D eigenvalue weighted by molar-refractivity contribution is -0.200. The van der Waals surface area contributed by atoms with Crippen LogP contribution in [0, 0.1) is 0 Å². The van der Waals surface area contributed by atoms with Gasteiger partial charge in [-0.25, -0.2) is 9.59 Å². The molecule has 30 heavy (non-hydrogen) atoms. The molecular weight excluding hydrogens is 396 g/mol. The van der Waals surface area contributed by atoms with Gasteiger partial charge in [-0.1, -0.05) is 0 Å². The Bertz CT molecular complexity index is 1040. The first-order valence-electron chi connectivity index (χ1n) is 9.41. The number of esters is 1. The van der Waals surface area contributed by atoms with Crippen LogP contribution >= 0.6 is 0 Å². The number of H-pyrrole nitrogens is 1. The molecule has 2 aliphatic heterocycles. The van der Waals surface area contributed by atoms with E-state index in [0.29, 0.717) is 11.3 Å². The molecule has 0 radical (unpaired) electrons. The summed E-state index contributed by atoms with van der Waals surface area (Å²) < 4.78 is 29.5. The minimum atomic E-state index is -0.901. The van der Waals surface area contributed by atoms with Crippen LogP contribution < -0.4 is 16.0 Å². The van der Waals surface area contributed by atoms with Crippen molar-refractivity contribution in [2.24, 2.45) is 0 Å². The van der Waals surface area contributed by atoms with Gasteiger partial charge >= 0.3 is 11.7 Å². The van der Waals surface area contributed by atoms with Crippen LogP contribution in [0.4, 0.5) is 0 Å². The number of nitrogens with zero attached hydrogens (tertiary/aromatic N) is 1. The van der Waals surface area contributed by atoms with Crippen LogP contribution in [0.2, 0.25) is 0 Å². The predicted octanol–water partition coefficient (Wildman–Crippen LogP) is 0.820. The van der Waals surface area contributed by atoms with Gasteiger partial charge in [-0.05, 0) is 38.1 Å². The van der Waals surface area contributed by atoms with E-state index in [4.69, 9.17) is 23.7 Å². The van der Waals surface area contributed by atoms with E-state index in [2.05, 4.69) is 4.98 Å². The Morgan fingerprint density at radius 2 is 1.83 bits per heavy atom. The summed E-state index contributed by atoms with van der Waals surface area (Å²) in [6.45, 7) is 3.40. The molecule has 0 bridgehead atoms. The fourth-order valence-corrected chi connectivity index (χ4v) is 3.61. The SMILES string of the molecule is COc1ccc(C(=O)OC[C@@H]2O[C@H](n3ccc(=O)[nH]c3=O)[C@@H]3OC(C)(C)O[C@H]32)cc1. The standard InChI is InChI=1S/C20H22N2O8/c1-20(2)29-15-13(10-27-18(24)11-4-6-12(26-3)7-5-11)28-17(16(15)30-20)22-9-8-14(23)21-19(22)25/h4-9,13,15-17H,10H2,1-3H3,(H,21,23,25)/t13-,15-,16+,17-/m0/s1. The molecule has 0 unspecified atom stereocenters. The molecule has 1 N–H and O–H groups in total. The van der Waals surface area contributed by atoms with E-state index < -0.39 is 47.5 Å². The Labute approximate surface area is 171 Å². The monoisotopic (exact) mass is 418 g/mol. The van der Waals surface area contributed by atoms with E-state index in [9.17, 15) is 14.4 Å². The zero-order chi connectivity index (χ0) is 21.5. The molecule has 4 rings (SSSR count). The van der Waals surface area contributed by atoms with E-state index >= 15 is 0 Å². The van der Waals surface area contributed by atoms with Crippen molar-refractivity contribution in [2.75, 3.05) is 13.7 Å². The summed E-state index contributed by atoms with van der Waals surface area (Å²) in [4.78, 5) is 38.2. The second-order valence-corrected chi connectivity index (χ2v) is 7.47. The first-order chi connectivity index (χ1) is 14.3. The Kier molecular flexibility index (Phi) is 5.22. The summed E-state index contributed by atoms with van der Waals surface area (Å²) in [5.41, 5.74) is -0.780. The van der Waals surface area contributed by atoms with Crippen molar-refractivity contribution in [1.29, 1.82) is 0 Å². The second-order valence-electron chi connectivity index (χ2n) is 7.47. The third-order valence-corrected chi connectivity index (χ3v) is 4.96. The number of aromatic amines is 1. The minimum absolute atomic E-state index is 0.0971. The number of carbonyl (C=O) groups is 1. The van der Waals surface area contributed by atoms with Gasteiger partial charge in [-0.2, -0.15) is 0 Å². The molecule has 4 atom stereocenters. The molecule has 2 saturated heterocycles. The molecule has 2 aliphatic rings. The molecule has 1 aromatic heterocycles. The average molecular weight is 418 g/mol. The second kappa shape index (κ2) is 7.71. The molecule has 160 valence electrons. The number of carbonyl (C=O) groups excluding carboxylic acids is 1. The Hall–Kier alpha value is -2.95. The van der Waals surface area contributed by atoms with Gasteiger partial charge < -0.3 is 23.7 Å². The Morgan fingerprint density at radius 1 is 1.13 bits per heavy atom. The quantitative estimate of drug-likeness (QED) is 0.709. The lowest BCUT2D eigenvalue weighted by atomic mass is 10.1. The van der Waals surface area contributed by atoms with Crippen molar-refractivity contribution in [3.05, 3.63) is 62.9 Å². The van der Waals surface area contributed by atoms with Crippen LogP contribution in [0.5, 0.6) is 5.75 Å². The highest BCUT2D eigenvalue weighted by Gasteiger charge is 2.56. The van der Waals surface area contributed by atoms with Crippen molar-refractivity contribution in [3.63, 3.8) is 0 Å². The molecule has 0 spiro atoms.